The Hall–Kier alpha value is -1.64. The van der Waals surface area contributed by atoms with Gasteiger partial charge in [-0.3, -0.25) is 9.59 Å². The minimum Gasteiger partial charge on any atom is -0.304 e. The van der Waals surface area contributed by atoms with E-state index in [-0.39, 0.29) is 11.7 Å². The second kappa shape index (κ2) is 6.21. The first-order valence-corrected chi connectivity index (χ1v) is 7.55. The highest BCUT2D eigenvalue weighted by Crippen LogP contribution is 2.33. The SMILES string of the molecule is CCCCC(CC)CN1C(=O)C(=O)c2cccc(C)c21. The molecule has 0 spiro atoms. The Balaban J connectivity index is 2.25. The Morgan fingerprint density at radius 3 is 2.60 bits per heavy atom. The molecule has 0 saturated heterocycles. The van der Waals surface area contributed by atoms with E-state index < -0.39 is 0 Å². The highest BCUT2D eigenvalue weighted by molar-refractivity contribution is 6.52. The van der Waals surface area contributed by atoms with Crippen molar-refractivity contribution in [2.24, 2.45) is 5.92 Å². The van der Waals surface area contributed by atoms with Gasteiger partial charge >= 0.3 is 0 Å². The van der Waals surface area contributed by atoms with Crippen molar-refractivity contribution in [3.63, 3.8) is 0 Å². The number of rotatable bonds is 6. The monoisotopic (exact) mass is 273 g/mol. The van der Waals surface area contributed by atoms with Crippen molar-refractivity contribution < 1.29 is 9.59 Å². The van der Waals surface area contributed by atoms with E-state index in [1.807, 2.05) is 19.1 Å². The van der Waals surface area contributed by atoms with Crippen LogP contribution < -0.4 is 4.90 Å². The number of fused-ring (bicyclic) bond motifs is 1. The van der Waals surface area contributed by atoms with E-state index in [1.165, 1.54) is 12.8 Å². The van der Waals surface area contributed by atoms with Crippen LogP contribution in [0.1, 0.15) is 55.5 Å². The minimum atomic E-state index is -0.357. The van der Waals surface area contributed by atoms with E-state index in [9.17, 15) is 9.59 Å². The molecule has 0 radical (unpaired) electrons. The number of aryl methyl sites for hydroxylation is 1. The van der Waals surface area contributed by atoms with Gasteiger partial charge in [0.25, 0.3) is 11.7 Å². The van der Waals surface area contributed by atoms with Gasteiger partial charge in [0, 0.05) is 6.54 Å². The first-order valence-electron chi connectivity index (χ1n) is 7.55. The first kappa shape index (κ1) is 14.8. The Kier molecular flexibility index (Phi) is 4.58. The Bertz CT molecular complexity index is 522. The summed E-state index contributed by atoms with van der Waals surface area (Å²) < 4.78 is 0. The van der Waals surface area contributed by atoms with Crippen molar-refractivity contribution in [2.75, 3.05) is 11.4 Å². The van der Waals surface area contributed by atoms with Crippen molar-refractivity contribution >= 4 is 17.4 Å². The summed E-state index contributed by atoms with van der Waals surface area (Å²) in [5.74, 6) is -0.240. The molecule has 1 amide bonds. The normalized spacial score (nSPS) is 15.7. The highest BCUT2D eigenvalue weighted by Gasteiger charge is 2.37. The molecule has 0 N–H and O–H groups in total. The molecule has 0 fully saturated rings. The summed E-state index contributed by atoms with van der Waals surface area (Å²) >= 11 is 0. The van der Waals surface area contributed by atoms with Crippen LogP contribution in [0.2, 0.25) is 0 Å². The van der Waals surface area contributed by atoms with E-state index in [2.05, 4.69) is 13.8 Å². The van der Waals surface area contributed by atoms with Gasteiger partial charge in [0.15, 0.2) is 0 Å². The summed E-state index contributed by atoms with van der Waals surface area (Å²) in [7, 11) is 0. The molecular weight excluding hydrogens is 250 g/mol. The number of carbonyl (C=O) groups is 2. The zero-order chi connectivity index (χ0) is 14.7. The molecule has 108 valence electrons. The topological polar surface area (TPSA) is 37.4 Å². The van der Waals surface area contributed by atoms with Gasteiger partial charge < -0.3 is 4.90 Å². The van der Waals surface area contributed by atoms with E-state index in [0.29, 0.717) is 18.0 Å². The molecule has 1 aromatic rings. The van der Waals surface area contributed by atoms with E-state index >= 15 is 0 Å². The summed E-state index contributed by atoms with van der Waals surface area (Å²) in [6.45, 7) is 6.96. The van der Waals surface area contributed by atoms with Gasteiger partial charge in [-0.15, -0.1) is 0 Å². The molecule has 1 aliphatic rings. The van der Waals surface area contributed by atoms with Crippen LogP contribution in [0.3, 0.4) is 0 Å². The van der Waals surface area contributed by atoms with Crippen LogP contribution in [0.5, 0.6) is 0 Å². The Labute approximate surface area is 121 Å². The third kappa shape index (κ3) is 2.62. The van der Waals surface area contributed by atoms with Gasteiger partial charge in [-0.1, -0.05) is 45.2 Å². The first-order chi connectivity index (χ1) is 9.60. The smallest absolute Gasteiger partial charge is 0.299 e. The summed E-state index contributed by atoms with van der Waals surface area (Å²) in [5, 5.41) is 0. The van der Waals surface area contributed by atoms with Crippen LogP contribution in [0.25, 0.3) is 0 Å². The van der Waals surface area contributed by atoms with Crippen LogP contribution in [0.15, 0.2) is 18.2 Å². The molecule has 0 aliphatic carbocycles. The zero-order valence-electron chi connectivity index (χ0n) is 12.6. The number of benzene rings is 1. The summed E-state index contributed by atoms with van der Waals surface area (Å²) in [6, 6.07) is 5.57. The van der Waals surface area contributed by atoms with E-state index in [0.717, 1.165) is 24.1 Å². The van der Waals surface area contributed by atoms with Crippen LogP contribution in [-0.4, -0.2) is 18.2 Å². The number of anilines is 1. The van der Waals surface area contributed by atoms with E-state index in [4.69, 9.17) is 0 Å². The second-order valence-corrected chi connectivity index (χ2v) is 5.63. The average molecular weight is 273 g/mol. The van der Waals surface area contributed by atoms with Gasteiger partial charge in [-0.2, -0.15) is 0 Å². The molecule has 0 bridgehead atoms. The number of para-hydroxylation sites is 1. The number of unbranched alkanes of at least 4 members (excludes halogenated alkanes) is 1. The number of nitrogens with zero attached hydrogens (tertiary/aromatic N) is 1. The lowest BCUT2D eigenvalue weighted by Gasteiger charge is -2.24. The molecule has 3 heteroatoms. The van der Waals surface area contributed by atoms with E-state index in [1.54, 1.807) is 11.0 Å². The molecule has 1 unspecified atom stereocenters. The third-order valence-electron chi connectivity index (χ3n) is 4.18. The minimum absolute atomic E-state index is 0.353. The van der Waals surface area contributed by atoms with Gasteiger partial charge in [-0.05, 0) is 30.9 Å². The number of hydrogen-bond acceptors (Lipinski definition) is 2. The number of Topliss-reactive ketones (excluding diaryl/α,β-unsaturated/α-hetero) is 1. The third-order valence-corrected chi connectivity index (χ3v) is 4.18. The van der Waals surface area contributed by atoms with Crippen molar-refractivity contribution in [3.05, 3.63) is 29.3 Å². The van der Waals surface area contributed by atoms with Crippen molar-refractivity contribution in [2.45, 2.75) is 46.5 Å². The van der Waals surface area contributed by atoms with Crippen LogP contribution in [0, 0.1) is 12.8 Å². The van der Waals surface area contributed by atoms with Crippen LogP contribution in [0.4, 0.5) is 5.69 Å². The largest absolute Gasteiger partial charge is 0.304 e. The summed E-state index contributed by atoms with van der Waals surface area (Å²) in [4.78, 5) is 26.0. The lowest BCUT2D eigenvalue weighted by molar-refractivity contribution is -0.114. The lowest BCUT2D eigenvalue weighted by Crippen LogP contribution is -2.34. The second-order valence-electron chi connectivity index (χ2n) is 5.63. The maximum atomic E-state index is 12.2. The quantitative estimate of drug-likeness (QED) is 0.740. The van der Waals surface area contributed by atoms with Gasteiger partial charge in [-0.25, -0.2) is 0 Å². The zero-order valence-corrected chi connectivity index (χ0v) is 12.6. The lowest BCUT2D eigenvalue weighted by atomic mass is 9.98. The fourth-order valence-electron chi connectivity index (χ4n) is 2.89. The number of amides is 1. The molecule has 1 heterocycles. The summed E-state index contributed by atoms with van der Waals surface area (Å²) in [6.07, 6.45) is 4.50. The number of ketones is 1. The van der Waals surface area contributed by atoms with Crippen molar-refractivity contribution in [1.29, 1.82) is 0 Å². The molecule has 2 rings (SSSR count). The molecule has 0 aromatic heterocycles. The Morgan fingerprint density at radius 2 is 1.95 bits per heavy atom. The number of hydrogen-bond donors (Lipinski definition) is 0. The van der Waals surface area contributed by atoms with Gasteiger partial charge in [0.2, 0.25) is 0 Å². The van der Waals surface area contributed by atoms with Crippen molar-refractivity contribution in [3.8, 4) is 0 Å². The fraction of sp³-hybridized carbons (Fsp3) is 0.529. The molecule has 3 nitrogen and oxygen atoms in total. The molecule has 1 aliphatic heterocycles. The van der Waals surface area contributed by atoms with Crippen LogP contribution in [-0.2, 0) is 4.79 Å². The molecule has 1 aromatic carbocycles. The maximum absolute atomic E-state index is 12.2. The van der Waals surface area contributed by atoms with Crippen molar-refractivity contribution in [1.82, 2.24) is 0 Å². The molecule has 1 atom stereocenters. The predicted octanol–water partition coefficient (Wildman–Crippen LogP) is 3.74. The maximum Gasteiger partial charge on any atom is 0.299 e. The average Bonchev–Trinajstić information content (AvgIpc) is 2.69. The molecular formula is C17H23NO2. The number of carbonyl (C=O) groups excluding carboxylic acids is 2. The predicted molar refractivity (Wildman–Crippen MR) is 81.2 cm³/mol. The molecule has 0 saturated carbocycles. The van der Waals surface area contributed by atoms with Crippen LogP contribution >= 0.6 is 0 Å². The standard InChI is InChI=1S/C17H23NO2/c1-4-6-9-13(5-2)11-18-15-12(3)8-7-10-14(15)16(19)17(18)20/h7-8,10,13H,4-6,9,11H2,1-3H3. The van der Waals surface area contributed by atoms with Gasteiger partial charge in [0.1, 0.15) is 0 Å². The fourth-order valence-corrected chi connectivity index (χ4v) is 2.89. The molecule has 20 heavy (non-hydrogen) atoms. The van der Waals surface area contributed by atoms with Gasteiger partial charge in [0.05, 0.1) is 11.3 Å². The highest BCUT2D eigenvalue weighted by atomic mass is 16.2. The summed E-state index contributed by atoms with van der Waals surface area (Å²) in [5.41, 5.74) is 2.41. The Morgan fingerprint density at radius 1 is 1.20 bits per heavy atom.